The molecule has 0 bridgehead atoms. The van der Waals surface area contributed by atoms with Crippen LogP contribution < -0.4 is 5.32 Å². The molecule has 0 aliphatic carbocycles. The van der Waals surface area contributed by atoms with E-state index in [1.807, 2.05) is 6.92 Å². The topological polar surface area (TPSA) is 86.7 Å². The summed E-state index contributed by atoms with van der Waals surface area (Å²) >= 11 is 0. The Morgan fingerprint density at radius 2 is 1.71 bits per heavy atom. The van der Waals surface area contributed by atoms with Crippen LogP contribution in [0.25, 0.3) is 0 Å². The Hall–Kier alpha value is -1.85. The van der Waals surface area contributed by atoms with Gasteiger partial charge in [0, 0.05) is 24.7 Å². The number of amides is 3. The monoisotopic (exact) mass is 242 g/mol. The van der Waals surface area contributed by atoms with Crippen LogP contribution in [-0.4, -0.2) is 41.5 Å². The molecule has 0 aromatic rings. The number of imide groups is 1. The standard InChI is InChI=1S/C11H18N2O4/c1-5-6-13(4)11(17)12-9(14)7(2)8(3)10(15)16/h5-6H2,1-4H3,(H,15,16)(H,12,14,17). The molecule has 0 saturated heterocycles. The van der Waals surface area contributed by atoms with Crippen molar-refractivity contribution in [3.63, 3.8) is 0 Å². The van der Waals surface area contributed by atoms with E-state index < -0.39 is 17.9 Å². The van der Waals surface area contributed by atoms with E-state index in [0.29, 0.717) is 6.54 Å². The summed E-state index contributed by atoms with van der Waals surface area (Å²) in [5.41, 5.74) is -0.0517. The van der Waals surface area contributed by atoms with Crippen molar-refractivity contribution in [2.75, 3.05) is 13.6 Å². The highest BCUT2D eigenvalue weighted by atomic mass is 16.4. The van der Waals surface area contributed by atoms with Gasteiger partial charge in [-0.1, -0.05) is 6.92 Å². The number of carboxylic acid groups (broad SMARTS) is 1. The van der Waals surface area contributed by atoms with E-state index in [4.69, 9.17) is 5.11 Å². The van der Waals surface area contributed by atoms with Crippen LogP contribution in [0.2, 0.25) is 0 Å². The zero-order chi connectivity index (χ0) is 13.6. The van der Waals surface area contributed by atoms with Crippen LogP contribution in [0.15, 0.2) is 11.1 Å². The number of carboxylic acids is 1. The second-order valence-corrected chi connectivity index (χ2v) is 3.74. The summed E-state index contributed by atoms with van der Waals surface area (Å²) in [6.07, 6.45) is 0.779. The van der Waals surface area contributed by atoms with E-state index in [9.17, 15) is 14.4 Å². The fourth-order valence-corrected chi connectivity index (χ4v) is 1.05. The third-order valence-corrected chi connectivity index (χ3v) is 2.35. The van der Waals surface area contributed by atoms with Crippen molar-refractivity contribution in [1.82, 2.24) is 10.2 Å². The van der Waals surface area contributed by atoms with Crippen molar-refractivity contribution in [3.05, 3.63) is 11.1 Å². The number of nitrogens with zero attached hydrogens (tertiary/aromatic N) is 1. The van der Waals surface area contributed by atoms with Crippen molar-refractivity contribution >= 4 is 17.9 Å². The van der Waals surface area contributed by atoms with Crippen molar-refractivity contribution in [2.45, 2.75) is 27.2 Å². The summed E-state index contributed by atoms with van der Waals surface area (Å²) in [4.78, 5) is 35.0. The van der Waals surface area contributed by atoms with Crippen molar-refractivity contribution in [1.29, 1.82) is 0 Å². The van der Waals surface area contributed by atoms with Crippen molar-refractivity contribution < 1.29 is 19.5 Å². The quantitative estimate of drug-likeness (QED) is 0.719. The minimum Gasteiger partial charge on any atom is -0.478 e. The van der Waals surface area contributed by atoms with Crippen LogP contribution in [0.5, 0.6) is 0 Å². The number of urea groups is 1. The first-order valence-corrected chi connectivity index (χ1v) is 5.28. The van der Waals surface area contributed by atoms with E-state index >= 15 is 0 Å². The highest BCUT2D eigenvalue weighted by Gasteiger charge is 2.16. The van der Waals surface area contributed by atoms with Gasteiger partial charge in [0.05, 0.1) is 0 Å². The molecule has 0 atom stereocenters. The number of carbonyl (C=O) groups is 3. The number of rotatable bonds is 4. The fourth-order valence-electron chi connectivity index (χ4n) is 1.05. The molecule has 0 aromatic heterocycles. The summed E-state index contributed by atoms with van der Waals surface area (Å²) in [6.45, 7) is 5.12. The maximum atomic E-state index is 11.5. The second kappa shape index (κ2) is 6.67. The molecule has 2 N–H and O–H groups in total. The summed E-state index contributed by atoms with van der Waals surface area (Å²) in [7, 11) is 1.56. The van der Waals surface area contributed by atoms with Gasteiger partial charge in [-0.15, -0.1) is 0 Å². The molecule has 17 heavy (non-hydrogen) atoms. The molecule has 3 amide bonds. The predicted molar refractivity (Wildman–Crippen MR) is 62.5 cm³/mol. The number of aliphatic carboxylic acids is 1. The Balaban J connectivity index is 4.61. The van der Waals surface area contributed by atoms with Gasteiger partial charge in [0.2, 0.25) is 0 Å². The minimum atomic E-state index is -1.17. The van der Waals surface area contributed by atoms with E-state index in [-0.39, 0.29) is 11.1 Å². The Bertz CT molecular complexity index is 360. The lowest BCUT2D eigenvalue weighted by atomic mass is 10.1. The zero-order valence-electron chi connectivity index (χ0n) is 10.5. The Morgan fingerprint density at radius 1 is 1.18 bits per heavy atom. The normalized spacial score (nSPS) is 11.5. The largest absolute Gasteiger partial charge is 0.478 e. The second-order valence-electron chi connectivity index (χ2n) is 3.74. The van der Waals surface area contributed by atoms with Gasteiger partial charge in [0.25, 0.3) is 5.91 Å². The van der Waals surface area contributed by atoms with Crippen LogP contribution >= 0.6 is 0 Å². The lowest BCUT2D eigenvalue weighted by Crippen LogP contribution is -2.41. The van der Waals surface area contributed by atoms with Crippen LogP contribution in [0.1, 0.15) is 27.2 Å². The molecule has 0 heterocycles. The summed E-state index contributed by atoms with van der Waals surface area (Å²) in [5, 5.41) is 10.8. The molecule has 0 rings (SSSR count). The van der Waals surface area contributed by atoms with Gasteiger partial charge in [-0.25, -0.2) is 9.59 Å². The molecule has 0 spiro atoms. The van der Waals surface area contributed by atoms with Crippen LogP contribution in [-0.2, 0) is 9.59 Å². The number of carbonyl (C=O) groups excluding carboxylic acids is 2. The molecule has 0 aliphatic rings. The summed E-state index contributed by atoms with van der Waals surface area (Å²) in [5.74, 6) is -1.86. The third-order valence-electron chi connectivity index (χ3n) is 2.35. The van der Waals surface area contributed by atoms with Crippen LogP contribution in [0, 0.1) is 0 Å². The highest BCUT2D eigenvalue weighted by molar-refractivity contribution is 6.07. The van der Waals surface area contributed by atoms with Crippen LogP contribution in [0.3, 0.4) is 0 Å². The Morgan fingerprint density at radius 3 is 2.12 bits per heavy atom. The van der Waals surface area contributed by atoms with Gasteiger partial charge >= 0.3 is 12.0 Å². The van der Waals surface area contributed by atoms with Gasteiger partial charge in [-0.05, 0) is 20.3 Å². The summed E-state index contributed by atoms with van der Waals surface area (Å²) < 4.78 is 0. The minimum absolute atomic E-state index is 0.0238. The first-order chi connectivity index (χ1) is 7.81. The Labute approximate surface area is 100 Å². The molecule has 96 valence electrons. The van der Waals surface area contributed by atoms with Crippen LogP contribution in [0.4, 0.5) is 4.79 Å². The first-order valence-electron chi connectivity index (χ1n) is 5.28. The molecule has 0 unspecified atom stereocenters. The lowest BCUT2D eigenvalue weighted by Gasteiger charge is -2.16. The number of nitrogens with one attached hydrogen (secondary N) is 1. The molecular weight excluding hydrogens is 224 g/mol. The third kappa shape index (κ3) is 4.67. The van der Waals surface area contributed by atoms with E-state index in [1.54, 1.807) is 7.05 Å². The molecule has 6 nitrogen and oxygen atoms in total. The van der Waals surface area contributed by atoms with Gasteiger partial charge in [0.15, 0.2) is 0 Å². The number of hydrogen-bond acceptors (Lipinski definition) is 3. The fraction of sp³-hybridized carbons (Fsp3) is 0.545. The smallest absolute Gasteiger partial charge is 0.331 e. The van der Waals surface area contributed by atoms with Crippen molar-refractivity contribution in [3.8, 4) is 0 Å². The molecule has 0 aromatic carbocycles. The van der Waals surface area contributed by atoms with E-state index in [2.05, 4.69) is 5.32 Å². The lowest BCUT2D eigenvalue weighted by molar-refractivity contribution is -0.133. The maximum absolute atomic E-state index is 11.5. The molecule has 0 saturated carbocycles. The molecule has 0 radical (unpaired) electrons. The van der Waals surface area contributed by atoms with E-state index in [0.717, 1.165) is 6.42 Å². The zero-order valence-corrected chi connectivity index (χ0v) is 10.5. The Kier molecular flexibility index (Phi) is 5.95. The SMILES string of the molecule is CCCN(C)C(=O)NC(=O)C(C)=C(C)C(=O)O. The average molecular weight is 242 g/mol. The van der Waals surface area contributed by atoms with E-state index in [1.165, 1.54) is 18.7 Å². The van der Waals surface area contributed by atoms with Gasteiger partial charge < -0.3 is 10.0 Å². The first kappa shape index (κ1) is 15.2. The maximum Gasteiger partial charge on any atom is 0.331 e. The molecule has 0 aliphatic heterocycles. The number of hydrogen-bond donors (Lipinski definition) is 2. The summed E-state index contributed by atoms with van der Waals surface area (Å²) in [6, 6.07) is -0.533. The predicted octanol–water partition coefficient (Wildman–Crippen LogP) is 0.985. The highest BCUT2D eigenvalue weighted by Crippen LogP contribution is 2.03. The van der Waals surface area contributed by atoms with Gasteiger partial charge in [-0.3, -0.25) is 10.1 Å². The molecule has 6 heteroatoms. The van der Waals surface area contributed by atoms with Crippen molar-refractivity contribution in [2.24, 2.45) is 0 Å². The average Bonchev–Trinajstić information content (AvgIpc) is 2.26. The van der Waals surface area contributed by atoms with Gasteiger partial charge in [-0.2, -0.15) is 0 Å². The van der Waals surface area contributed by atoms with Gasteiger partial charge in [0.1, 0.15) is 0 Å². The molecular formula is C11H18N2O4. The molecule has 0 fully saturated rings.